The van der Waals surface area contributed by atoms with Gasteiger partial charge in [-0.3, -0.25) is 18.6 Å². The molecule has 0 rings (SSSR count). The van der Waals surface area contributed by atoms with Gasteiger partial charge in [-0.2, -0.15) is 0 Å². The number of carbonyl (C=O) groups excluding carboxylic acids is 2. The zero-order chi connectivity index (χ0) is 57.0. The number of likely N-dealkylation sites (N-methyl/N-ethyl adjacent to an activating group) is 1. The molecule has 0 spiro atoms. The average Bonchev–Trinajstić information content (AvgIpc) is 3.40. The molecular weight excluding hydrogens is 990 g/mol. The van der Waals surface area contributed by atoms with Gasteiger partial charge in [-0.25, -0.2) is 4.57 Å². The first-order chi connectivity index (χ1) is 38.0. The predicted molar refractivity (Wildman–Crippen MR) is 335 cm³/mol. The van der Waals surface area contributed by atoms with Crippen LogP contribution in [-0.4, -0.2) is 74.9 Å². The SMILES string of the molecule is CCCCCCC/C=C\C/C=C\C/C=C\CCCCCCCCCCCCC(=O)OC(COC(=O)CCCCCCCCCCCCCCCCCCC/C=C\CCCCCCCCCC)COP(=O)(O)OCC[N+](C)(C)C. The first kappa shape index (κ1) is 76.0. The van der Waals surface area contributed by atoms with Gasteiger partial charge in [-0.05, 0) is 77.0 Å². The molecule has 0 saturated heterocycles. The van der Waals surface area contributed by atoms with Crippen LogP contribution in [0.25, 0.3) is 0 Å². The van der Waals surface area contributed by atoms with Crippen LogP contribution in [0.1, 0.15) is 322 Å². The summed E-state index contributed by atoms with van der Waals surface area (Å²) in [6, 6.07) is 0. The van der Waals surface area contributed by atoms with Gasteiger partial charge in [0.2, 0.25) is 0 Å². The Hall–Kier alpha value is -2.03. The third-order valence-corrected chi connectivity index (χ3v) is 15.8. The number of phosphoric acid groups is 1. The van der Waals surface area contributed by atoms with Gasteiger partial charge >= 0.3 is 19.8 Å². The largest absolute Gasteiger partial charge is 0.472 e. The van der Waals surface area contributed by atoms with Crippen LogP contribution >= 0.6 is 7.82 Å². The number of carbonyl (C=O) groups is 2. The molecule has 10 heteroatoms. The lowest BCUT2D eigenvalue weighted by Gasteiger charge is -2.24. The van der Waals surface area contributed by atoms with Crippen molar-refractivity contribution in [3.8, 4) is 0 Å². The highest BCUT2D eigenvalue weighted by Gasteiger charge is 2.27. The number of esters is 2. The van der Waals surface area contributed by atoms with Crippen molar-refractivity contribution in [3.05, 3.63) is 48.6 Å². The van der Waals surface area contributed by atoms with Crippen molar-refractivity contribution in [1.82, 2.24) is 0 Å². The Kier molecular flexibility index (Phi) is 58.0. The van der Waals surface area contributed by atoms with E-state index in [0.717, 1.165) is 51.4 Å². The molecule has 0 aromatic heterocycles. The fourth-order valence-corrected chi connectivity index (χ4v) is 10.4. The van der Waals surface area contributed by atoms with Crippen LogP contribution in [0, 0.1) is 0 Å². The van der Waals surface area contributed by atoms with Gasteiger partial charge in [0.05, 0.1) is 27.7 Å². The molecule has 78 heavy (non-hydrogen) atoms. The van der Waals surface area contributed by atoms with Crippen LogP contribution in [0.3, 0.4) is 0 Å². The van der Waals surface area contributed by atoms with Gasteiger partial charge in [0.1, 0.15) is 19.8 Å². The Morgan fingerprint density at radius 3 is 1.04 bits per heavy atom. The van der Waals surface area contributed by atoms with E-state index in [-0.39, 0.29) is 25.6 Å². The highest BCUT2D eigenvalue weighted by atomic mass is 31.2. The zero-order valence-electron chi connectivity index (χ0n) is 52.2. The van der Waals surface area contributed by atoms with E-state index in [2.05, 4.69) is 62.5 Å². The smallest absolute Gasteiger partial charge is 0.462 e. The first-order valence-electron chi connectivity index (χ1n) is 33.4. The minimum atomic E-state index is -4.39. The molecule has 0 aromatic rings. The highest BCUT2D eigenvalue weighted by molar-refractivity contribution is 7.47. The standard InChI is InChI=1S/C68H128NO8P/c1-6-8-10-12-14-16-18-20-22-24-26-28-30-32-33-34-35-37-38-40-42-44-46-48-50-52-54-56-58-60-67(70)74-64-66(65-76-78(72,73)75-63-62-69(3,4)5)77-68(71)61-59-57-55-53-51-49-47-45-43-41-39-36-31-29-27-25-23-21-19-17-15-13-11-9-7-2/h19,21,24-27,31,36,66H,6-18,20,22-23,28-30,32-35,37-65H2,1-5H3/p+1/b21-19-,26-24-,27-25-,36-31-. The maximum absolute atomic E-state index is 12.9. The molecule has 0 aliphatic rings. The molecule has 9 nitrogen and oxygen atoms in total. The lowest BCUT2D eigenvalue weighted by Crippen LogP contribution is -2.37. The van der Waals surface area contributed by atoms with Crippen LogP contribution in [0.15, 0.2) is 48.6 Å². The van der Waals surface area contributed by atoms with E-state index in [9.17, 15) is 19.0 Å². The van der Waals surface area contributed by atoms with Crippen molar-refractivity contribution in [2.24, 2.45) is 0 Å². The molecule has 0 fully saturated rings. The van der Waals surface area contributed by atoms with Gasteiger partial charge in [0, 0.05) is 12.8 Å². The predicted octanol–water partition coefficient (Wildman–Crippen LogP) is 21.3. The third kappa shape index (κ3) is 63.2. The number of rotatable bonds is 62. The Labute approximate surface area is 484 Å². The molecule has 0 amide bonds. The fraction of sp³-hybridized carbons (Fsp3) is 0.853. The number of unbranched alkanes of at least 4 members (excludes halogenated alkanes) is 40. The topological polar surface area (TPSA) is 108 Å². The molecule has 458 valence electrons. The summed E-state index contributed by atoms with van der Waals surface area (Å²) in [4.78, 5) is 35.8. The summed E-state index contributed by atoms with van der Waals surface area (Å²) >= 11 is 0. The molecule has 0 bridgehead atoms. The minimum Gasteiger partial charge on any atom is -0.462 e. The number of allylic oxidation sites excluding steroid dienone is 8. The molecule has 0 radical (unpaired) electrons. The first-order valence-corrected chi connectivity index (χ1v) is 34.9. The van der Waals surface area contributed by atoms with Crippen molar-refractivity contribution in [2.75, 3.05) is 47.5 Å². The molecule has 0 aliphatic heterocycles. The van der Waals surface area contributed by atoms with Crippen molar-refractivity contribution in [3.63, 3.8) is 0 Å². The number of phosphoric ester groups is 1. The second-order valence-electron chi connectivity index (χ2n) is 23.9. The van der Waals surface area contributed by atoms with Crippen LogP contribution < -0.4 is 0 Å². The van der Waals surface area contributed by atoms with Crippen molar-refractivity contribution in [1.29, 1.82) is 0 Å². The van der Waals surface area contributed by atoms with E-state index in [1.54, 1.807) is 0 Å². The van der Waals surface area contributed by atoms with E-state index < -0.39 is 26.5 Å². The van der Waals surface area contributed by atoms with E-state index in [1.165, 1.54) is 238 Å². The van der Waals surface area contributed by atoms with Gasteiger partial charge in [-0.15, -0.1) is 0 Å². The summed E-state index contributed by atoms with van der Waals surface area (Å²) in [6.45, 7) is 4.47. The maximum Gasteiger partial charge on any atom is 0.472 e. The lowest BCUT2D eigenvalue weighted by atomic mass is 10.0. The van der Waals surface area contributed by atoms with Crippen molar-refractivity contribution in [2.45, 2.75) is 328 Å². The fourth-order valence-electron chi connectivity index (χ4n) is 9.67. The Morgan fingerprint density at radius 2 is 0.692 bits per heavy atom. The highest BCUT2D eigenvalue weighted by Crippen LogP contribution is 2.43. The Bertz CT molecular complexity index is 1460. The number of quaternary nitrogens is 1. The van der Waals surface area contributed by atoms with Gasteiger partial charge in [-0.1, -0.05) is 281 Å². The van der Waals surface area contributed by atoms with Crippen LogP contribution in [-0.2, 0) is 32.7 Å². The van der Waals surface area contributed by atoms with Gasteiger partial charge < -0.3 is 18.9 Å². The van der Waals surface area contributed by atoms with Gasteiger partial charge in [0.15, 0.2) is 6.10 Å². The van der Waals surface area contributed by atoms with Crippen molar-refractivity contribution < 1.29 is 42.1 Å². The monoisotopic (exact) mass is 1120 g/mol. The molecule has 0 aromatic carbocycles. The van der Waals surface area contributed by atoms with Crippen molar-refractivity contribution >= 4 is 19.8 Å². The summed E-state index contributed by atoms with van der Waals surface area (Å²) in [6.07, 6.45) is 76.3. The number of ether oxygens (including phenoxy) is 2. The molecule has 0 aliphatic carbocycles. The molecule has 1 N–H and O–H groups in total. The van der Waals surface area contributed by atoms with Crippen LogP contribution in [0.4, 0.5) is 0 Å². The molecule has 2 atom stereocenters. The molecule has 0 saturated carbocycles. The normalized spacial score (nSPS) is 13.5. The summed E-state index contributed by atoms with van der Waals surface area (Å²) in [7, 11) is 1.48. The summed E-state index contributed by atoms with van der Waals surface area (Å²) in [5.41, 5.74) is 0. The molecule has 0 heterocycles. The van der Waals surface area contributed by atoms with E-state index in [4.69, 9.17) is 18.5 Å². The Morgan fingerprint density at radius 1 is 0.397 bits per heavy atom. The van der Waals surface area contributed by atoms with Gasteiger partial charge in [0.25, 0.3) is 0 Å². The van der Waals surface area contributed by atoms with E-state index >= 15 is 0 Å². The Balaban J connectivity index is 4.06. The number of hydrogen-bond donors (Lipinski definition) is 1. The zero-order valence-corrected chi connectivity index (χ0v) is 53.1. The molecular formula is C68H129NO8P+. The van der Waals surface area contributed by atoms with Crippen LogP contribution in [0.5, 0.6) is 0 Å². The maximum atomic E-state index is 12.9. The summed E-state index contributed by atoms with van der Waals surface area (Å²) in [5.74, 6) is -0.788. The summed E-state index contributed by atoms with van der Waals surface area (Å²) < 4.78 is 34.7. The second kappa shape index (κ2) is 59.6. The average molecular weight is 1120 g/mol. The number of nitrogens with zero attached hydrogens (tertiary/aromatic N) is 1. The lowest BCUT2D eigenvalue weighted by molar-refractivity contribution is -0.870. The quantitative estimate of drug-likeness (QED) is 0.0211. The minimum absolute atomic E-state index is 0.0314. The number of hydrogen-bond acceptors (Lipinski definition) is 7. The van der Waals surface area contributed by atoms with E-state index in [1.807, 2.05) is 21.1 Å². The van der Waals surface area contributed by atoms with E-state index in [0.29, 0.717) is 23.9 Å². The summed E-state index contributed by atoms with van der Waals surface area (Å²) in [5, 5.41) is 0. The van der Waals surface area contributed by atoms with Crippen LogP contribution in [0.2, 0.25) is 0 Å². The second-order valence-corrected chi connectivity index (χ2v) is 25.3. The molecule has 2 unspecified atom stereocenters. The third-order valence-electron chi connectivity index (χ3n) is 14.8.